The smallest absolute Gasteiger partial charge is 0.261 e. The molecule has 0 aliphatic carbocycles. The van der Waals surface area contributed by atoms with Gasteiger partial charge in [0, 0.05) is 7.11 Å². The summed E-state index contributed by atoms with van der Waals surface area (Å²) < 4.78 is 40.0. The van der Waals surface area contributed by atoms with Crippen LogP contribution in [-0.4, -0.2) is 40.0 Å². The Morgan fingerprint density at radius 1 is 1.15 bits per heavy atom. The fraction of sp³-hybridized carbons (Fsp3) is 0.235. The SMILES string of the molecule is COCCOc1ccc(S(=O)(=O)Nc2ccc3nc(SC)sc3c2)cc1. The van der Waals surface area contributed by atoms with E-state index in [1.807, 2.05) is 12.3 Å². The second-order valence-electron chi connectivity index (χ2n) is 5.28. The van der Waals surface area contributed by atoms with Crippen molar-refractivity contribution in [3.8, 4) is 5.75 Å². The first kappa shape index (κ1) is 19.0. The molecule has 0 saturated heterocycles. The maximum Gasteiger partial charge on any atom is 0.261 e. The molecule has 1 aromatic heterocycles. The first-order chi connectivity index (χ1) is 12.5. The Kier molecular flexibility index (Phi) is 6.02. The fourth-order valence-corrected chi connectivity index (χ4v) is 4.80. The predicted molar refractivity (Wildman–Crippen MR) is 106 cm³/mol. The minimum atomic E-state index is -3.67. The molecule has 0 fully saturated rings. The minimum absolute atomic E-state index is 0.172. The van der Waals surface area contributed by atoms with E-state index >= 15 is 0 Å². The van der Waals surface area contributed by atoms with Gasteiger partial charge in [0.1, 0.15) is 12.4 Å². The molecule has 0 radical (unpaired) electrons. The van der Waals surface area contributed by atoms with Gasteiger partial charge in [-0.1, -0.05) is 11.8 Å². The van der Waals surface area contributed by atoms with Gasteiger partial charge in [-0.3, -0.25) is 4.72 Å². The molecule has 0 aliphatic rings. The van der Waals surface area contributed by atoms with Gasteiger partial charge in [-0.25, -0.2) is 13.4 Å². The molecule has 0 unspecified atom stereocenters. The third kappa shape index (κ3) is 4.47. The standard InChI is InChI=1S/C17H18N2O4S3/c1-22-9-10-23-13-4-6-14(7-5-13)26(20,21)19-12-3-8-15-16(11-12)25-17(18-15)24-2/h3-8,11,19H,9-10H2,1-2H3. The molecular weight excluding hydrogens is 392 g/mol. The number of rotatable bonds is 8. The molecule has 3 aromatic rings. The zero-order valence-electron chi connectivity index (χ0n) is 14.3. The van der Waals surface area contributed by atoms with Crippen molar-refractivity contribution in [3.63, 3.8) is 0 Å². The summed E-state index contributed by atoms with van der Waals surface area (Å²) in [6, 6.07) is 11.6. The van der Waals surface area contributed by atoms with Crippen LogP contribution in [0, 0.1) is 0 Å². The second-order valence-corrected chi connectivity index (χ2v) is 9.05. The molecule has 0 saturated carbocycles. The monoisotopic (exact) mass is 410 g/mol. The van der Waals surface area contributed by atoms with Crippen molar-refractivity contribution in [2.75, 3.05) is 31.3 Å². The number of fused-ring (bicyclic) bond motifs is 1. The Hall–Kier alpha value is -1.81. The summed E-state index contributed by atoms with van der Waals surface area (Å²) >= 11 is 3.10. The van der Waals surface area contributed by atoms with Crippen LogP contribution in [0.25, 0.3) is 10.2 Å². The number of thioether (sulfide) groups is 1. The maximum atomic E-state index is 12.6. The van der Waals surface area contributed by atoms with Gasteiger partial charge >= 0.3 is 0 Å². The third-order valence-corrected chi connectivity index (χ3v) is 6.89. The van der Waals surface area contributed by atoms with Gasteiger partial charge in [0.05, 0.1) is 27.4 Å². The Labute approximate surface area is 160 Å². The van der Waals surface area contributed by atoms with Crippen LogP contribution in [-0.2, 0) is 14.8 Å². The highest BCUT2D eigenvalue weighted by Gasteiger charge is 2.15. The molecule has 3 rings (SSSR count). The number of nitrogens with one attached hydrogen (secondary N) is 1. The van der Waals surface area contributed by atoms with Crippen molar-refractivity contribution in [1.82, 2.24) is 4.98 Å². The van der Waals surface area contributed by atoms with Gasteiger partial charge in [-0.05, 0) is 48.7 Å². The molecule has 1 N–H and O–H groups in total. The Morgan fingerprint density at radius 3 is 2.62 bits per heavy atom. The molecule has 0 aliphatic heterocycles. The van der Waals surface area contributed by atoms with E-state index in [1.54, 1.807) is 43.1 Å². The molecule has 0 amide bonds. The highest BCUT2D eigenvalue weighted by molar-refractivity contribution is 8.00. The Balaban J connectivity index is 1.75. The van der Waals surface area contributed by atoms with Gasteiger partial charge in [-0.15, -0.1) is 11.3 Å². The molecule has 6 nitrogen and oxygen atoms in total. The van der Waals surface area contributed by atoms with E-state index in [0.717, 1.165) is 14.6 Å². The highest BCUT2D eigenvalue weighted by Crippen LogP contribution is 2.30. The van der Waals surface area contributed by atoms with Gasteiger partial charge in [-0.2, -0.15) is 0 Å². The highest BCUT2D eigenvalue weighted by atomic mass is 32.2. The van der Waals surface area contributed by atoms with Crippen LogP contribution in [0.3, 0.4) is 0 Å². The van der Waals surface area contributed by atoms with Crippen LogP contribution in [0.1, 0.15) is 0 Å². The number of anilines is 1. The number of aromatic nitrogens is 1. The molecule has 0 bridgehead atoms. The van der Waals surface area contributed by atoms with E-state index < -0.39 is 10.0 Å². The van der Waals surface area contributed by atoms with Crippen molar-refractivity contribution in [3.05, 3.63) is 42.5 Å². The molecule has 1 heterocycles. The van der Waals surface area contributed by atoms with E-state index in [9.17, 15) is 8.42 Å². The second kappa shape index (κ2) is 8.26. The van der Waals surface area contributed by atoms with E-state index in [4.69, 9.17) is 9.47 Å². The molecule has 0 spiro atoms. The molecule has 26 heavy (non-hydrogen) atoms. The largest absolute Gasteiger partial charge is 0.491 e. The zero-order valence-corrected chi connectivity index (χ0v) is 16.7. The lowest BCUT2D eigenvalue weighted by molar-refractivity contribution is 0.146. The van der Waals surface area contributed by atoms with Crippen LogP contribution < -0.4 is 9.46 Å². The number of ether oxygens (including phenoxy) is 2. The lowest BCUT2D eigenvalue weighted by atomic mass is 10.3. The number of nitrogens with zero attached hydrogens (tertiary/aromatic N) is 1. The van der Waals surface area contributed by atoms with Crippen LogP contribution in [0.5, 0.6) is 5.75 Å². The first-order valence-corrected chi connectivity index (χ1v) is 11.2. The molecule has 2 aromatic carbocycles. The van der Waals surface area contributed by atoms with Gasteiger partial charge in [0.2, 0.25) is 0 Å². The van der Waals surface area contributed by atoms with Crippen molar-refractivity contribution in [1.29, 1.82) is 0 Å². The number of hydrogen-bond acceptors (Lipinski definition) is 7. The topological polar surface area (TPSA) is 77.5 Å². The maximum absolute atomic E-state index is 12.6. The predicted octanol–water partition coefficient (Wildman–Crippen LogP) is 3.84. The number of hydrogen-bond donors (Lipinski definition) is 1. The van der Waals surface area contributed by atoms with Crippen molar-refractivity contribution >= 4 is 49.0 Å². The molecular formula is C17H18N2O4S3. The van der Waals surface area contributed by atoms with Gasteiger partial charge in [0.25, 0.3) is 10.0 Å². The van der Waals surface area contributed by atoms with E-state index in [2.05, 4.69) is 9.71 Å². The van der Waals surface area contributed by atoms with Crippen LogP contribution >= 0.6 is 23.1 Å². The Morgan fingerprint density at radius 2 is 1.92 bits per heavy atom. The average molecular weight is 411 g/mol. The normalized spacial score (nSPS) is 11.6. The number of benzene rings is 2. The lowest BCUT2D eigenvalue weighted by Gasteiger charge is -2.09. The summed E-state index contributed by atoms with van der Waals surface area (Å²) in [4.78, 5) is 4.62. The minimum Gasteiger partial charge on any atom is -0.491 e. The number of methoxy groups -OCH3 is 1. The average Bonchev–Trinajstić information content (AvgIpc) is 3.04. The Bertz CT molecular complexity index is 985. The summed E-state index contributed by atoms with van der Waals surface area (Å²) in [5.41, 5.74) is 1.37. The van der Waals surface area contributed by atoms with Gasteiger partial charge < -0.3 is 9.47 Å². The van der Waals surface area contributed by atoms with Crippen LogP contribution in [0.2, 0.25) is 0 Å². The van der Waals surface area contributed by atoms with Crippen molar-refractivity contribution < 1.29 is 17.9 Å². The van der Waals surface area contributed by atoms with Gasteiger partial charge in [0.15, 0.2) is 4.34 Å². The third-order valence-electron chi connectivity index (χ3n) is 3.49. The summed E-state index contributed by atoms with van der Waals surface area (Å²) in [6.07, 6.45) is 1.96. The molecule has 138 valence electrons. The summed E-state index contributed by atoms with van der Waals surface area (Å²) in [6.45, 7) is 0.883. The van der Waals surface area contributed by atoms with E-state index in [1.165, 1.54) is 23.5 Å². The quantitative estimate of drug-likeness (QED) is 0.449. The molecule has 9 heteroatoms. The van der Waals surface area contributed by atoms with Crippen LogP contribution in [0.15, 0.2) is 51.7 Å². The zero-order chi connectivity index (χ0) is 18.6. The number of thiazole rings is 1. The van der Waals surface area contributed by atoms with Crippen LogP contribution in [0.4, 0.5) is 5.69 Å². The van der Waals surface area contributed by atoms with E-state index in [0.29, 0.717) is 24.7 Å². The van der Waals surface area contributed by atoms with Crippen molar-refractivity contribution in [2.24, 2.45) is 0 Å². The summed E-state index contributed by atoms with van der Waals surface area (Å²) in [5, 5.41) is 0. The van der Waals surface area contributed by atoms with E-state index in [-0.39, 0.29) is 4.90 Å². The summed E-state index contributed by atoms with van der Waals surface area (Å²) in [5.74, 6) is 0.594. The lowest BCUT2D eigenvalue weighted by Crippen LogP contribution is -2.13. The fourth-order valence-electron chi connectivity index (χ4n) is 2.23. The van der Waals surface area contributed by atoms with Crippen molar-refractivity contribution in [2.45, 2.75) is 9.24 Å². The summed E-state index contributed by atoms with van der Waals surface area (Å²) in [7, 11) is -2.08. The first-order valence-electron chi connectivity index (χ1n) is 7.71. The molecule has 0 atom stereocenters. The number of sulfonamides is 1.